The standard InChI is InChI=1S/C13H16BrN3O2S/c1-2-5-13(18)7-17(8-13)6-11-15-16-12(19-11)9-3-4-10(14)20-9/h3-4,18H,2,5-8H2,1H3. The Morgan fingerprint density at radius 2 is 2.25 bits per heavy atom. The largest absolute Gasteiger partial charge is 0.419 e. The van der Waals surface area contributed by atoms with E-state index in [0.717, 1.165) is 21.5 Å². The summed E-state index contributed by atoms with van der Waals surface area (Å²) in [4.78, 5) is 3.08. The average Bonchev–Trinajstić information content (AvgIpc) is 2.96. The summed E-state index contributed by atoms with van der Waals surface area (Å²) < 4.78 is 6.70. The van der Waals surface area contributed by atoms with Crippen LogP contribution in [0.3, 0.4) is 0 Å². The second-order valence-electron chi connectivity index (χ2n) is 5.22. The van der Waals surface area contributed by atoms with Crippen LogP contribution in [0.25, 0.3) is 10.8 Å². The minimum absolute atomic E-state index is 0.518. The van der Waals surface area contributed by atoms with Crippen molar-refractivity contribution in [2.45, 2.75) is 31.9 Å². The Hall–Kier alpha value is -0.760. The first-order chi connectivity index (χ1) is 9.58. The van der Waals surface area contributed by atoms with E-state index >= 15 is 0 Å². The summed E-state index contributed by atoms with van der Waals surface area (Å²) in [5, 5.41) is 18.3. The van der Waals surface area contributed by atoms with Crippen LogP contribution in [0, 0.1) is 0 Å². The maximum atomic E-state index is 10.1. The van der Waals surface area contributed by atoms with Gasteiger partial charge in [0.2, 0.25) is 5.89 Å². The number of β-amino-alcohol motifs (C(OH)–C–C–N with tert-alkyl or cyclic N) is 1. The predicted molar refractivity (Wildman–Crippen MR) is 80.4 cm³/mol. The Morgan fingerprint density at radius 1 is 1.45 bits per heavy atom. The van der Waals surface area contributed by atoms with Crippen LogP contribution in [0.5, 0.6) is 0 Å². The number of thiophene rings is 1. The smallest absolute Gasteiger partial charge is 0.257 e. The van der Waals surface area contributed by atoms with Gasteiger partial charge in [-0.2, -0.15) is 0 Å². The first kappa shape index (κ1) is 14.2. The molecule has 0 unspecified atom stereocenters. The third kappa shape index (κ3) is 2.95. The maximum Gasteiger partial charge on any atom is 0.257 e. The molecule has 0 radical (unpaired) electrons. The highest BCUT2D eigenvalue weighted by molar-refractivity contribution is 9.11. The summed E-state index contributed by atoms with van der Waals surface area (Å²) in [5.41, 5.74) is -0.518. The van der Waals surface area contributed by atoms with Gasteiger partial charge in [-0.05, 0) is 34.5 Å². The Balaban J connectivity index is 1.59. The molecule has 0 atom stereocenters. The molecule has 1 aliphatic heterocycles. The minimum atomic E-state index is -0.518. The van der Waals surface area contributed by atoms with Gasteiger partial charge in [0, 0.05) is 13.1 Å². The van der Waals surface area contributed by atoms with E-state index in [1.807, 2.05) is 12.1 Å². The topological polar surface area (TPSA) is 62.4 Å². The third-order valence-electron chi connectivity index (χ3n) is 3.36. The van der Waals surface area contributed by atoms with Gasteiger partial charge in [0.25, 0.3) is 5.89 Å². The van der Waals surface area contributed by atoms with Crippen molar-refractivity contribution in [2.75, 3.05) is 13.1 Å². The van der Waals surface area contributed by atoms with Crippen LogP contribution < -0.4 is 0 Å². The van der Waals surface area contributed by atoms with Crippen molar-refractivity contribution in [3.05, 3.63) is 21.8 Å². The zero-order chi connectivity index (χ0) is 14.2. The molecule has 108 valence electrons. The summed E-state index contributed by atoms with van der Waals surface area (Å²) in [6.07, 6.45) is 1.85. The van der Waals surface area contributed by atoms with Crippen LogP contribution in [0.2, 0.25) is 0 Å². The van der Waals surface area contributed by atoms with Crippen LogP contribution in [-0.4, -0.2) is 38.9 Å². The normalized spacial score (nSPS) is 18.1. The molecule has 0 aliphatic carbocycles. The lowest BCUT2D eigenvalue weighted by Crippen LogP contribution is -2.60. The van der Waals surface area contributed by atoms with E-state index in [9.17, 15) is 5.11 Å². The van der Waals surface area contributed by atoms with E-state index in [0.29, 0.717) is 31.4 Å². The van der Waals surface area contributed by atoms with Crippen molar-refractivity contribution in [3.8, 4) is 10.8 Å². The van der Waals surface area contributed by atoms with Crippen molar-refractivity contribution in [1.29, 1.82) is 0 Å². The van der Waals surface area contributed by atoms with E-state index in [1.54, 1.807) is 11.3 Å². The molecule has 20 heavy (non-hydrogen) atoms. The highest BCUT2D eigenvalue weighted by Crippen LogP contribution is 2.31. The first-order valence-corrected chi connectivity index (χ1v) is 8.22. The Morgan fingerprint density at radius 3 is 2.90 bits per heavy atom. The molecule has 2 aromatic heterocycles. The zero-order valence-corrected chi connectivity index (χ0v) is 13.6. The van der Waals surface area contributed by atoms with Crippen molar-refractivity contribution in [2.24, 2.45) is 0 Å². The molecule has 7 heteroatoms. The van der Waals surface area contributed by atoms with Crippen LogP contribution in [0.4, 0.5) is 0 Å². The molecular formula is C13H16BrN3O2S. The van der Waals surface area contributed by atoms with Gasteiger partial charge in [-0.25, -0.2) is 0 Å². The van der Waals surface area contributed by atoms with Gasteiger partial charge in [-0.3, -0.25) is 4.90 Å². The molecule has 1 aliphatic rings. The molecule has 0 spiro atoms. The molecule has 5 nitrogen and oxygen atoms in total. The second kappa shape index (κ2) is 5.55. The van der Waals surface area contributed by atoms with Crippen LogP contribution >= 0.6 is 27.3 Å². The lowest BCUT2D eigenvalue weighted by atomic mass is 9.89. The monoisotopic (exact) mass is 357 g/mol. The van der Waals surface area contributed by atoms with Gasteiger partial charge < -0.3 is 9.52 Å². The number of hydrogen-bond donors (Lipinski definition) is 1. The lowest BCUT2D eigenvalue weighted by Gasteiger charge is -2.46. The summed E-state index contributed by atoms with van der Waals surface area (Å²) in [7, 11) is 0. The number of likely N-dealkylation sites (tertiary alicyclic amines) is 1. The molecule has 0 saturated carbocycles. The molecule has 3 heterocycles. The SMILES string of the molecule is CCCC1(O)CN(Cc2nnc(-c3ccc(Br)s3)o2)C1. The fourth-order valence-electron chi connectivity index (χ4n) is 2.56. The summed E-state index contributed by atoms with van der Waals surface area (Å²) >= 11 is 4.98. The van der Waals surface area contributed by atoms with Crippen molar-refractivity contribution < 1.29 is 9.52 Å². The number of halogens is 1. The van der Waals surface area contributed by atoms with Gasteiger partial charge >= 0.3 is 0 Å². The van der Waals surface area contributed by atoms with Gasteiger partial charge in [0.1, 0.15) is 0 Å². The quantitative estimate of drug-likeness (QED) is 0.891. The summed E-state index contributed by atoms with van der Waals surface area (Å²) in [6.45, 7) is 4.06. The van der Waals surface area contributed by atoms with Gasteiger partial charge in [0.15, 0.2) is 0 Å². The number of nitrogens with zero attached hydrogens (tertiary/aromatic N) is 3. The molecule has 0 aromatic carbocycles. The number of aliphatic hydroxyl groups is 1. The van der Waals surface area contributed by atoms with Gasteiger partial charge in [-0.1, -0.05) is 13.3 Å². The first-order valence-electron chi connectivity index (χ1n) is 6.61. The molecule has 1 fully saturated rings. The Labute approximate surface area is 129 Å². The molecule has 2 aromatic rings. The molecule has 0 bridgehead atoms. The average molecular weight is 358 g/mol. The number of hydrogen-bond acceptors (Lipinski definition) is 6. The highest BCUT2D eigenvalue weighted by Gasteiger charge is 2.40. The third-order valence-corrected chi connectivity index (χ3v) is 4.97. The fraction of sp³-hybridized carbons (Fsp3) is 0.538. The number of rotatable bonds is 5. The van der Waals surface area contributed by atoms with E-state index in [4.69, 9.17) is 4.42 Å². The van der Waals surface area contributed by atoms with Gasteiger partial charge in [0.05, 0.1) is 20.8 Å². The van der Waals surface area contributed by atoms with Crippen molar-refractivity contribution in [3.63, 3.8) is 0 Å². The minimum Gasteiger partial charge on any atom is -0.419 e. The van der Waals surface area contributed by atoms with Gasteiger partial charge in [-0.15, -0.1) is 21.5 Å². The Bertz CT molecular complexity index is 592. The van der Waals surface area contributed by atoms with E-state index in [2.05, 4.69) is 38.0 Å². The van der Waals surface area contributed by atoms with Crippen molar-refractivity contribution in [1.82, 2.24) is 15.1 Å². The molecular weight excluding hydrogens is 342 g/mol. The van der Waals surface area contributed by atoms with Crippen LogP contribution in [0.1, 0.15) is 25.7 Å². The Kier molecular flexibility index (Phi) is 3.94. The summed E-state index contributed by atoms with van der Waals surface area (Å²) in [6, 6.07) is 3.92. The van der Waals surface area contributed by atoms with E-state index < -0.39 is 5.60 Å². The number of aromatic nitrogens is 2. The molecule has 0 amide bonds. The molecule has 1 N–H and O–H groups in total. The van der Waals surface area contributed by atoms with E-state index in [-0.39, 0.29) is 0 Å². The van der Waals surface area contributed by atoms with E-state index in [1.165, 1.54) is 0 Å². The predicted octanol–water partition coefficient (Wildman–Crippen LogP) is 2.91. The van der Waals surface area contributed by atoms with Crippen molar-refractivity contribution >= 4 is 27.3 Å². The second-order valence-corrected chi connectivity index (χ2v) is 7.69. The highest BCUT2D eigenvalue weighted by atomic mass is 79.9. The van der Waals surface area contributed by atoms with Crippen LogP contribution in [0.15, 0.2) is 20.3 Å². The van der Waals surface area contributed by atoms with Crippen LogP contribution in [-0.2, 0) is 6.54 Å². The molecule has 1 saturated heterocycles. The summed E-state index contributed by atoms with van der Waals surface area (Å²) in [5.74, 6) is 1.16. The zero-order valence-electron chi connectivity index (χ0n) is 11.2. The maximum absolute atomic E-state index is 10.1. The molecule has 3 rings (SSSR count). The fourth-order valence-corrected chi connectivity index (χ4v) is 3.87. The lowest BCUT2D eigenvalue weighted by molar-refractivity contribution is -0.109.